The van der Waals surface area contributed by atoms with E-state index >= 15 is 0 Å². The molecule has 25 heavy (non-hydrogen) atoms. The molecule has 1 aliphatic rings. The van der Waals surface area contributed by atoms with Crippen molar-refractivity contribution in [3.05, 3.63) is 18.2 Å². The van der Waals surface area contributed by atoms with Crippen LogP contribution in [0, 0.1) is 5.92 Å². The van der Waals surface area contributed by atoms with Gasteiger partial charge in [0.05, 0.1) is 26.7 Å². The summed E-state index contributed by atoms with van der Waals surface area (Å²) >= 11 is 0. The molecule has 1 aromatic carbocycles. The van der Waals surface area contributed by atoms with Crippen LogP contribution >= 0.6 is 0 Å². The number of carbonyl (C=O) groups excluding carboxylic acids is 1. The van der Waals surface area contributed by atoms with Crippen LogP contribution in [0.2, 0.25) is 0 Å². The molecule has 0 radical (unpaired) electrons. The molecule has 0 bridgehead atoms. The smallest absolute Gasteiger partial charge is 0.246 e. The number of nitrogens with one attached hydrogen (secondary N) is 1. The molecule has 1 heterocycles. The third-order valence-corrected chi connectivity index (χ3v) is 6.04. The Morgan fingerprint density at radius 3 is 2.76 bits per heavy atom. The van der Waals surface area contributed by atoms with E-state index in [2.05, 4.69) is 5.32 Å². The molecular formula is C16H24N2O6S. The average molecular weight is 372 g/mol. The largest absolute Gasteiger partial charge is 0.497 e. The van der Waals surface area contributed by atoms with E-state index < -0.39 is 15.9 Å². The first kappa shape index (κ1) is 19.5. The van der Waals surface area contributed by atoms with Crippen molar-refractivity contribution in [3.8, 4) is 11.5 Å². The highest BCUT2D eigenvalue weighted by molar-refractivity contribution is 7.89. The topological polar surface area (TPSA) is 105 Å². The first-order valence-electron chi connectivity index (χ1n) is 8.04. The molecule has 1 atom stereocenters. The first-order chi connectivity index (χ1) is 11.9. The maximum absolute atomic E-state index is 13.0. The molecule has 1 amide bonds. The number of hydrogen-bond donors (Lipinski definition) is 2. The van der Waals surface area contributed by atoms with Crippen molar-refractivity contribution in [1.82, 2.24) is 9.62 Å². The molecule has 0 aromatic heterocycles. The summed E-state index contributed by atoms with van der Waals surface area (Å²) in [5.74, 6) is -0.0421. The minimum atomic E-state index is -3.83. The van der Waals surface area contributed by atoms with Crippen LogP contribution in [0.5, 0.6) is 11.5 Å². The van der Waals surface area contributed by atoms with Crippen molar-refractivity contribution in [1.29, 1.82) is 0 Å². The van der Waals surface area contributed by atoms with Crippen LogP contribution in [0.1, 0.15) is 12.8 Å². The number of piperidine rings is 1. The second-order valence-electron chi connectivity index (χ2n) is 5.73. The fourth-order valence-corrected chi connectivity index (χ4v) is 4.52. The number of amides is 1. The zero-order valence-electron chi connectivity index (χ0n) is 14.4. The predicted octanol–water partition coefficient (Wildman–Crippen LogP) is 0.213. The van der Waals surface area contributed by atoms with Crippen molar-refractivity contribution in [3.63, 3.8) is 0 Å². The van der Waals surface area contributed by atoms with Gasteiger partial charge in [0.15, 0.2) is 0 Å². The molecule has 2 N–H and O–H groups in total. The van der Waals surface area contributed by atoms with E-state index in [-0.39, 0.29) is 36.2 Å². The average Bonchev–Trinajstić information content (AvgIpc) is 2.65. The Balaban J connectivity index is 2.25. The van der Waals surface area contributed by atoms with Crippen molar-refractivity contribution in [2.45, 2.75) is 17.7 Å². The Bertz CT molecular complexity index is 707. The summed E-state index contributed by atoms with van der Waals surface area (Å²) in [6, 6.07) is 4.59. The van der Waals surface area contributed by atoms with Gasteiger partial charge in [-0.15, -0.1) is 0 Å². The molecule has 0 spiro atoms. The number of methoxy groups -OCH3 is 2. The summed E-state index contributed by atoms with van der Waals surface area (Å²) in [6.45, 7) is 0.444. The summed E-state index contributed by atoms with van der Waals surface area (Å²) < 4.78 is 37.7. The van der Waals surface area contributed by atoms with Crippen molar-refractivity contribution in [2.75, 3.05) is 40.5 Å². The maximum atomic E-state index is 13.0. The van der Waals surface area contributed by atoms with Crippen molar-refractivity contribution in [2.24, 2.45) is 5.92 Å². The van der Waals surface area contributed by atoms with Gasteiger partial charge in [0.25, 0.3) is 0 Å². The molecule has 2 rings (SSSR count). The Hall–Kier alpha value is -1.84. The number of carbonyl (C=O) groups is 1. The number of rotatable bonds is 7. The normalized spacial score (nSPS) is 18.6. The molecule has 0 saturated carbocycles. The third kappa shape index (κ3) is 4.42. The Kier molecular flexibility index (Phi) is 6.63. The number of aliphatic hydroxyl groups is 1. The number of sulfonamides is 1. The quantitative estimate of drug-likeness (QED) is 0.709. The minimum Gasteiger partial charge on any atom is -0.497 e. The standard InChI is InChI=1S/C16H24N2O6S/c1-23-13-5-6-14(24-2)15(10-13)25(21,22)18-8-3-4-12(11-18)16(20)17-7-9-19/h5-6,10,12,19H,3-4,7-9,11H2,1-2H3,(H,17,20)/t12-/m1/s1. The van der Waals surface area contributed by atoms with Gasteiger partial charge in [-0.25, -0.2) is 8.42 Å². The van der Waals surface area contributed by atoms with E-state index in [4.69, 9.17) is 14.6 Å². The molecule has 8 nitrogen and oxygen atoms in total. The lowest BCUT2D eigenvalue weighted by atomic mass is 9.99. The van der Waals surface area contributed by atoms with Crippen LogP contribution in [0.25, 0.3) is 0 Å². The molecule has 1 fully saturated rings. The monoisotopic (exact) mass is 372 g/mol. The maximum Gasteiger partial charge on any atom is 0.246 e. The lowest BCUT2D eigenvalue weighted by Gasteiger charge is -2.31. The van der Waals surface area contributed by atoms with Crippen LogP contribution in [0.15, 0.2) is 23.1 Å². The zero-order valence-corrected chi connectivity index (χ0v) is 15.2. The summed E-state index contributed by atoms with van der Waals surface area (Å²) in [6.07, 6.45) is 1.20. The van der Waals surface area contributed by atoms with Crippen LogP contribution in [0.4, 0.5) is 0 Å². The Morgan fingerprint density at radius 2 is 2.12 bits per heavy atom. The second-order valence-corrected chi connectivity index (χ2v) is 7.64. The van der Waals surface area contributed by atoms with Crippen molar-refractivity contribution < 1.29 is 27.8 Å². The van der Waals surface area contributed by atoms with Gasteiger partial charge in [-0.05, 0) is 25.0 Å². The van der Waals surface area contributed by atoms with Gasteiger partial charge in [0, 0.05) is 25.7 Å². The SMILES string of the molecule is COc1ccc(OC)c(S(=O)(=O)N2CCC[C@@H](C(=O)NCCO)C2)c1. The summed E-state index contributed by atoms with van der Waals surface area (Å²) in [7, 11) is -0.961. The number of ether oxygens (including phenoxy) is 2. The van der Waals surface area contributed by atoms with E-state index in [9.17, 15) is 13.2 Å². The molecule has 0 unspecified atom stereocenters. The number of nitrogens with zero attached hydrogens (tertiary/aromatic N) is 1. The van der Waals surface area contributed by atoms with Crippen molar-refractivity contribution >= 4 is 15.9 Å². The highest BCUT2D eigenvalue weighted by atomic mass is 32.2. The lowest BCUT2D eigenvalue weighted by Crippen LogP contribution is -2.45. The van der Waals surface area contributed by atoms with E-state index in [1.807, 2.05) is 0 Å². The van der Waals surface area contributed by atoms with Crippen LogP contribution in [0.3, 0.4) is 0 Å². The van der Waals surface area contributed by atoms with Gasteiger partial charge in [0.1, 0.15) is 16.4 Å². The highest BCUT2D eigenvalue weighted by Crippen LogP contribution is 2.32. The lowest BCUT2D eigenvalue weighted by molar-refractivity contribution is -0.126. The summed E-state index contributed by atoms with van der Waals surface area (Å²) in [5.41, 5.74) is 0. The predicted molar refractivity (Wildman–Crippen MR) is 91.1 cm³/mol. The zero-order chi connectivity index (χ0) is 18.4. The Labute approximate surface area is 147 Å². The number of aliphatic hydroxyl groups excluding tert-OH is 1. The number of benzene rings is 1. The van der Waals surface area contributed by atoms with E-state index in [0.29, 0.717) is 25.1 Å². The molecule has 1 aromatic rings. The van der Waals surface area contributed by atoms with Crippen LogP contribution in [-0.4, -0.2) is 64.2 Å². The van der Waals surface area contributed by atoms with Gasteiger partial charge >= 0.3 is 0 Å². The van der Waals surface area contributed by atoms with E-state index in [1.54, 1.807) is 12.1 Å². The van der Waals surface area contributed by atoms with Gasteiger partial charge in [-0.3, -0.25) is 4.79 Å². The van der Waals surface area contributed by atoms with Gasteiger partial charge in [0.2, 0.25) is 15.9 Å². The second kappa shape index (κ2) is 8.50. The van der Waals surface area contributed by atoms with Crippen LogP contribution in [-0.2, 0) is 14.8 Å². The molecular weight excluding hydrogens is 348 g/mol. The fraction of sp³-hybridized carbons (Fsp3) is 0.562. The van der Waals surface area contributed by atoms with Gasteiger partial charge < -0.3 is 19.9 Å². The molecule has 1 saturated heterocycles. The van der Waals surface area contributed by atoms with Gasteiger partial charge in [-0.1, -0.05) is 0 Å². The minimum absolute atomic E-state index is 0.0192. The molecule has 140 valence electrons. The molecule has 1 aliphatic heterocycles. The molecule has 9 heteroatoms. The highest BCUT2D eigenvalue weighted by Gasteiger charge is 2.35. The fourth-order valence-electron chi connectivity index (χ4n) is 2.82. The summed E-state index contributed by atoms with van der Waals surface area (Å²) in [4.78, 5) is 12.1. The third-order valence-electron chi connectivity index (χ3n) is 4.15. The molecule has 0 aliphatic carbocycles. The van der Waals surface area contributed by atoms with E-state index in [1.165, 1.54) is 24.6 Å². The summed E-state index contributed by atoms with van der Waals surface area (Å²) in [5, 5.41) is 11.4. The van der Waals surface area contributed by atoms with E-state index in [0.717, 1.165) is 0 Å². The van der Waals surface area contributed by atoms with Gasteiger partial charge in [-0.2, -0.15) is 4.31 Å². The van der Waals surface area contributed by atoms with Crippen LogP contribution < -0.4 is 14.8 Å². The number of hydrogen-bond acceptors (Lipinski definition) is 6. The first-order valence-corrected chi connectivity index (χ1v) is 9.48. The Morgan fingerprint density at radius 1 is 1.36 bits per heavy atom.